The number of carbonyl (C=O) groups excluding carboxylic acids is 1. The number of methoxy groups -OCH3 is 1. The summed E-state index contributed by atoms with van der Waals surface area (Å²) in [6.07, 6.45) is 4.63. The Bertz CT molecular complexity index is 1510. The van der Waals surface area contributed by atoms with E-state index in [1.807, 2.05) is 48.7 Å². The summed E-state index contributed by atoms with van der Waals surface area (Å²) < 4.78 is 7.45. The van der Waals surface area contributed by atoms with Gasteiger partial charge in [0.15, 0.2) is 5.16 Å². The van der Waals surface area contributed by atoms with Gasteiger partial charge in [0.05, 0.1) is 30.9 Å². The maximum atomic E-state index is 12.7. The fourth-order valence-corrected chi connectivity index (χ4v) is 5.17. The van der Waals surface area contributed by atoms with Crippen molar-refractivity contribution in [3.05, 3.63) is 119 Å². The molecule has 0 fully saturated rings. The minimum atomic E-state index is -0.0795. The molecular weight excluding hydrogens is 492 g/mol. The molecule has 0 radical (unpaired) electrons. The molecule has 0 bridgehead atoms. The lowest BCUT2D eigenvalue weighted by atomic mass is 10.1. The number of rotatable bonds is 10. The Hall–Kier alpha value is -4.10. The fraction of sp³-hybridized carbons (Fsp3) is 0.194. The van der Waals surface area contributed by atoms with Gasteiger partial charge >= 0.3 is 0 Å². The van der Waals surface area contributed by atoms with Crippen LogP contribution in [0.25, 0.3) is 11.0 Å². The number of ether oxygens (including phenoxy) is 1. The van der Waals surface area contributed by atoms with Crippen LogP contribution in [-0.2, 0) is 25.3 Å². The number of thioether (sulfide) groups is 1. The number of benzene rings is 3. The first kappa shape index (κ1) is 25.5. The lowest BCUT2D eigenvalue weighted by Crippen LogP contribution is -2.22. The van der Waals surface area contributed by atoms with Crippen LogP contribution >= 0.6 is 11.8 Å². The maximum Gasteiger partial charge on any atom is 0.251 e. The summed E-state index contributed by atoms with van der Waals surface area (Å²) in [6.45, 7) is 3.28. The minimum Gasteiger partial charge on any atom is -0.497 e. The van der Waals surface area contributed by atoms with Crippen LogP contribution in [0.1, 0.15) is 39.5 Å². The van der Waals surface area contributed by atoms with E-state index >= 15 is 0 Å². The van der Waals surface area contributed by atoms with Gasteiger partial charge in [0.1, 0.15) is 5.75 Å². The Labute approximate surface area is 227 Å². The molecule has 0 spiro atoms. The van der Waals surface area contributed by atoms with Crippen LogP contribution in [0.2, 0.25) is 0 Å². The lowest BCUT2D eigenvalue weighted by Gasteiger charge is -2.11. The largest absolute Gasteiger partial charge is 0.497 e. The van der Waals surface area contributed by atoms with E-state index in [1.54, 1.807) is 25.1 Å². The number of nitrogens with one attached hydrogen (secondary N) is 1. The molecule has 2 aromatic heterocycles. The number of imidazole rings is 1. The van der Waals surface area contributed by atoms with E-state index in [0.29, 0.717) is 18.7 Å². The Balaban J connectivity index is 1.27. The van der Waals surface area contributed by atoms with E-state index in [0.717, 1.165) is 45.2 Å². The van der Waals surface area contributed by atoms with Crippen LogP contribution in [0, 0.1) is 0 Å². The highest BCUT2D eigenvalue weighted by molar-refractivity contribution is 7.98. The first-order valence-corrected chi connectivity index (χ1v) is 13.6. The van der Waals surface area contributed by atoms with Gasteiger partial charge in [0.25, 0.3) is 5.91 Å². The normalized spacial score (nSPS) is 11.0. The maximum absolute atomic E-state index is 12.7. The van der Waals surface area contributed by atoms with E-state index in [9.17, 15) is 4.79 Å². The molecule has 0 saturated heterocycles. The molecule has 0 atom stereocenters. The number of carbonyl (C=O) groups is 1. The summed E-state index contributed by atoms with van der Waals surface area (Å²) >= 11 is 1.69. The molecule has 2 heterocycles. The van der Waals surface area contributed by atoms with Gasteiger partial charge in [-0.15, -0.1) is 0 Å². The van der Waals surface area contributed by atoms with Crippen LogP contribution in [0.4, 0.5) is 0 Å². The second-order valence-corrected chi connectivity index (χ2v) is 9.97. The van der Waals surface area contributed by atoms with Crippen LogP contribution < -0.4 is 10.1 Å². The summed E-state index contributed by atoms with van der Waals surface area (Å²) in [5.74, 6) is 1.56. The second kappa shape index (κ2) is 12.0. The van der Waals surface area contributed by atoms with Crippen molar-refractivity contribution in [1.82, 2.24) is 19.9 Å². The molecule has 192 valence electrons. The van der Waals surface area contributed by atoms with Crippen molar-refractivity contribution in [3.8, 4) is 5.75 Å². The lowest BCUT2D eigenvalue weighted by molar-refractivity contribution is 0.0951. The highest BCUT2D eigenvalue weighted by Crippen LogP contribution is 2.28. The van der Waals surface area contributed by atoms with Crippen LogP contribution in [0.5, 0.6) is 5.75 Å². The molecule has 1 amide bonds. The molecule has 0 aliphatic carbocycles. The Morgan fingerprint density at radius 1 is 0.895 bits per heavy atom. The number of hydrogen-bond donors (Lipinski definition) is 1. The van der Waals surface area contributed by atoms with Crippen molar-refractivity contribution >= 4 is 28.7 Å². The zero-order chi connectivity index (χ0) is 26.3. The molecule has 5 rings (SSSR count). The molecule has 0 aliphatic heterocycles. The van der Waals surface area contributed by atoms with E-state index in [1.165, 1.54) is 11.1 Å². The highest BCUT2D eigenvalue weighted by Gasteiger charge is 2.13. The summed E-state index contributed by atoms with van der Waals surface area (Å²) in [5, 5.41) is 3.95. The average Bonchev–Trinajstić information content (AvgIpc) is 3.32. The van der Waals surface area contributed by atoms with Crippen molar-refractivity contribution in [2.45, 2.75) is 37.3 Å². The molecule has 38 heavy (non-hydrogen) atoms. The number of hydrogen-bond acceptors (Lipinski definition) is 5. The first-order valence-electron chi connectivity index (χ1n) is 12.6. The molecule has 7 heteroatoms. The standard InChI is InChI=1S/C31H30N4O2S/c1-3-22-4-6-23(7-5-22)18-33-30(36)26-12-8-24(9-13-26)20-35-29-19-32-17-16-28(29)34-31(35)38-21-25-10-14-27(37-2)15-11-25/h4-17,19H,3,18,20-21H2,1-2H3,(H,33,36). The molecule has 0 unspecified atom stereocenters. The SMILES string of the molecule is CCc1ccc(CNC(=O)c2ccc(Cn3c(SCc4ccc(OC)cc4)nc4ccncc43)cc2)cc1. The van der Waals surface area contributed by atoms with Crippen molar-refractivity contribution in [2.24, 2.45) is 0 Å². The van der Waals surface area contributed by atoms with E-state index in [4.69, 9.17) is 9.72 Å². The van der Waals surface area contributed by atoms with Gasteiger partial charge in [-0.3, -0.25) is 9.78 Å². The number of pyridine rings is 1. The number of nitrogens with zero attached hydrogens (tertiary/aromatic N) is 3. The summed E-state index contributed by atoms with van der Waals surface area (Å²) in [5.41, 5.74) is 7.22. The van der Waals surface area contributed by atoms with Gasteiger partial charge in [-0.05, 0) is 59.0 Å². The predicted molar refractivity (Wildman–Crippen MR) is 153 cm³/mol. The predicted octanol–water partition coefficient (Wildman–Crippen LogP) is 6.27. The monoisotopic (exact) mass is 522 g/mol. The van der Waals surface area contributed by atoms with Gasteiger partial charge in [0, 0.05) is 24.1 Å². The first-order chi connectivity index (χ1) is 18.6. The minimum absolute atomic E-state index is 0.0795. The van der Waals surface area contributed by atoms with Crippen molar-refractivity contribution in [2.75, 3.05) is 7.11 Å². The van der Waals surface area contributed by atoms with Gasteiger partial charge in [-0.2, -0.15) is 0 Å². The fourth-order valence-electron chi connectivity index (χ4n) is 4.20. The van der Waals surface area contributed by atoms with Crippen LogP contribution in [0.15, 0.2) is 96.4 Å². The number of aryl methyl sites for hydroxylation is 1. The van der Waals surface area contributed by atoms with Gasteiger partial charge in [-0.25, -0.2) is 4.98 Å². The zero-order valence-corrected chi connectivity index (χ0v) is 22.4. The topological polar surface area (TPSA) is 69.0 Å². The van der Waals surface area contributed by atoms with Gasteiger partial charge < -0.3 is 14.6 Å². The molecule has 5 aromatic rings. The Morgan fingerprint density at radius 2 is 1.58 bits per heavy atom. The third kappa shape index (κ3) is 6.06. The molecule has 0 aliphatic rings. The zero-order valence-electron chi connectivity index (χ0n) is 21.6. The summed E-state index contributed by atoms with van der Waals surface area (Å²) in [7, 11) is 1.67. The molecule has 1 N–H and O–H groups in total. The van der Waals surface area contributed by atoms with E-state index in [2.05, 4.69) is 58.2 Å². The van der Waals surface area contributed by atoms with Crippen molar-refractivity contribution < 1.29 is 9.53 Å². The van der Waals surface area contributed by atoms with Gasteiger partial charge in [-0.1, -0.05) is 67.2 Å². The molecule has 6 nitrogen and oxygen atoms in total. The molecule has 0 saturated carbocycles. The summed E-state index contributed by atoms with van der Waals surface area (Å²) in [4.78, 5) is 21.9. The number of fused-ring (bicyclic) bond motifs is 1. The third-order valence-electron chi connectivity index (χ3n) is 6.48. The van der Waals surface area contributed by atoms with Crippen molar-refractivity contribution in [3.63, 3.8) is 0 Å². The molecule has 3 aromatic carbocycles. The number of aromatic nitrogens is 3. The smallest absolute Gasteiger partial charge is 0.251 e. The van der Waals surface area contributed by atoms with Crippen molar-refractivity contribution in [1.29, 1.82) is 0 Å². The van der Waals surface area contributed by atoms with E-state index < -0.39 is 0 Å². The highest BCUT2D eigenvalue weighted by atomic mass is 32.2. The molecular formula is C31H30N4O2S. The summed E-state index contributed by atoms with van der Waals surface area (Å²) in [6, 6.07) is 26.2. The third-order valence-corrected chi connectivity index (χ3v) is 7.53. The average molecular weight is 523 g/mol. The Kier molecular flexibility index (Phi) is 8.04. The van der Waals surface area contributed by atoms with Gasteiger partial charge in [0.2, 0.25) is 0 Å². The van der Waals surface area contributed by atoms with Crippen LogP contribution in [-0.4, -0.2) is 27.6 Å². The van der Waals surface area contributed by atoms with E-state index in [-0.39, 0.29) is 5.91 Å². The van der Waals surface area contributed by atoms with Crippen LogP contribution in [0.3, 0.4) is 0 Å². The second-order valence-electron chi connectivity index (χ2n) is 9.03. The Morgan fingerprint density at radius 3 is 2.29 bits per heavy atom. The quantitative estimate of drug-likeness (QED) is 0.219. The number of amides is 1.